The van der Waals surface area contributed by atoms with Gasteiger partial charge >= 0.3 is 0 Å². The smallest absolute Gasteiger partial charge is 0.00772 e. The first kappa shape index (κ1) is 16.8. The highest BCUT2D eigenvalue weighted by atomic mass is 35.5. The molecule has 2 aliphatic heterocycles. The van der Waals surface area contributed by atoms with E-state index in [0.717, 1.165) is 52.4 Å². The van der Waals surface area contributed by atoms with Gasteiger partial charge in [-0.2, -0.15) is 0 Å². The van der Waals surface area contributed by atoms with E-state index in [0.29, 0.717) is 0 Å². The standard InChI is InChI=1S/2C4H10N2.2ClH/c2*1-2-6-4-3-5-1;;/h2*5-6H,1-4H2;2*1H. The van der Waals surface area contributed by atoms with E-state index in [9.17, 15) is 0 Å². The molecule has 4 N–H and O–H groups in total. The Morgan fingerprint density at radius 2 is 0.500 bits per heavy atom. The maximum atomic E-state index is 3.22. The van der Waals surface area contributed by atoms with Crippen molar-refractivity contribution in [2.24, 2.45) is 0 Å². The van der Waals surface area contributed by atoms with E-state index in [2.05, 4.69) is 21.3 Å². The molecule has 2 fully saturated rings. The average Bonchev–Trinajstić information content (AvgIpc) is 2.24. The van der Waals surface area contributed by atoms with Crippen LogP contribution in [-0.4, -0.2) is 52.4 Å². The van der Waals surface area contributed by atoms with Crippen molar-refractivity contribution in [2.45, 2.75) is 0 Å². The van der Waals surface area contributed by atoms with Crippen LogP contribution in [0.2, 0.25) is 0 Å². The molecule has 2 rings (SSSR count). The molecule has 0 spiro atoms. The zero-order chi connectivity index (χ0) is 8.49. The molecule has 0 unspecified atom stereocenters. The van der Waals surface area contributed by atoms with E-state index in [1.54, 1.807) is 0 Å². The highest BCUT2D eigenvalue weighted by Gasteiger charge is 1.92. The normalized spacial score (nSPS) is 20.6. The Bertz CT molecular complexity index is 62.3. The monoisotopic (exact) mass is 244 g/mol. The van der Waals surface area contributed by atoms with Crippen molar-refractivity contribution in [1.29, 1.82) is 0 Å². The van der Waals surface area contributed by atoms with Crippen LogP contribution in [0, 0.1) is 0 Å². The summed E-state index contributed by atoms with van der Waals surface area (Å²) in [6.07, 6.45) is 0. The molecular formula is C8H22Cl2N4. The number of hydrogen-bond acceptors (Lipinski definition) is 4. The predicted molar refractivity (Wildman–Crippen MR) is 66.0 cm³/mol. The highest BCUT2D eigenvalue weighted by Crippen LogP contribution is 1.65. The van der Waals surface area contributed by atoms with Crippen LogP contribution in [0.1, 0.15) is 0 Å². The van der Waals surface area contributed by atoms with Gasteiger partial charge < -0.3 is 21.3 Å². The Hall–Kier alpha value is 0.420. The van der Waals surface area contributed by atoms with Gasteiger partial charge in [0.05, 0.1) is 0 Å². The number of piperazine rings is 2. The van der Waals surface area contributed by atoms with Crippen LogP contribution in [0.15, 0.2) is 0 Å². The van der Waals surface area contributed by atoms with E-state index in [-0.39, 0.29) is 24.8 Å². The van der Waals surface area contributed by atoms with E-state index in [1.807, 2.05) is 0 Å². The van der Waals surface area contributed by atoms with Gasteiger partial charge in [0.1, 0.15) is 0 Å². The fraction of sp³-hybridized carbons (Fsp3) is 1.00. The molecule has 0 saturated carbocycles. The minimum Gasteiger partial charge on any atom is -0.314 e. The fourth-order valence-corrected chi connectivity index (χ4v) is 1.21. The largest absolute Gasteiger partial charge is 0.314 e. The second-order valence-corrected chi connectivity index (χ2v) is 3.00. The van der Waals surface area contributed by atoms with Gasteiger partial charge in [-0.3, -0.25) is 0 Å². The van der Waals surface area contributed by atoms with Gasteiger partial charge in [0, 0.05) is 52.4 Å². The summed E-state index contributed by atoms with van der Waals surface area (Å²) < 4.78 is 0. The molecule has 0 aromatic carbocycles. The number of rotatable bonds is 0. The highest BCUT2D eigenvalue weighted by molar-refractivity contribution is 5.85. The minimum absolute atomic E-state index is 0. The summed E-state index contributed by atoms with van der Waals surface area (Å²) in [4.78, 5) is 0. The second-order valence-electron chi connectivity index (χ2n) is 3.00. The van der Waals surface area contributed by atoms with Crippen molar-refractivity contribution >= 4 is 24.8 Å². The van der Waals surface area contributed by atoms with Crippen LogP contribution in [0.25, 0.3) is 0 Å². The first-order chi connectivity index (χ1) is 6.00. The first-order valence-electron chi connectivity index (χ1n) is 4.83. The van der Waals surface area contributed by atoms with Gasteiger partial charge in [0.15, 0.2) is 0 Å². The third-order valence-electron chi connectivity index (χ3n) is 1.91. The number of hydrogen-bond donors (Lipinski definition) is 4. The lowest BCUT2D eigenvalue weighted by Gasteiger charge is -2.11. The molecule has 2 aliphatic rings. The molecule has 6 heteroatoms. The molecular weight excluding hydrogens is 223 g/mol. The number of nitrogens with one attached hydrogen (secondary N) is 4. The van der Waals surface area contributed by atoms with Gasteiger partial charge in [-0.1, -0.05) is 0 Å². The van der Waals surface area contributed by atoms with Crippen molar-refractivity contribution < 1.29 is 0 Å². The van der Waals surface area contributed by atoms with Crippen molar-refractivity contribution in [3.8, 4) is 0 Å². The van der Waals surface area contributed by atoms with Crippen LogP contribution < -0.4 is 21.3 Å². The fourth-order valence-electron chi connectivity index (χ4n) is 1.21. The summed E-state index contributed by atoms with van der Waals surface area (Å²) in [6.45, 7) is 9.11. The second kappa shape index (κ2) is 13.4. The topological polar surface area (TPSA) is 48.1 Å². The molecule has 14 heavy (non-hydrogen) atoms. The molecule has 2 saturated heterocycles. The molecule has 0 atom stereocenters. The summed E-state index contributed by atoms with van der Waals surface area (Å²) in [7, 11) is 0. The van der Waals surface area contributed by atoms with Gasteiger partial charge in [0.2, 0.25) is 0 Å². The summed E-state index contributed by atoms with van der Waals surface area (Å²) >= 11 is 0. The quantitative estimate of drug-likeness (QED) is 0.451. The Balaban J connectivity index is 0. The summed E-state index contributed by atoms with van der Waals surface area (Å²) in [5, 5.41) is 12.9. The lowest BCUT2D eigenvalue weighted by Crippen LogP contribution is -2.39. The van der Waals surface area contributed by atoms with Crippen LogP contribution >= 0.6 is 24.8 Å². The van der Waals surface area contributed by atoms with Crippen molar-refractivity contribution in [1.82, 2.24) is 21.3 Å². The molecule has 88 valence electrons. The number of halogens is 2. The van der Waals surface area contributed by atoms with E-state index < -0.39 is 0 Å². The molecule has 0 aromatic rings. The zero-order valence-electron chi connectivity index (χ0n) is 8.47. The molecule has 0 aromatic heterocycles. The molecule has 2 heterocycles. The van der Waals surface area contributed by atoms with E-state index in [4.69, 9.17) is 0 Å². The van der Waals surface area contributed by atoms with Crippen LogP contribution in [-0.2, 0) is 0 Å². The molecule has 0 aliphatic carbocycles. The van der Waals surface area contributed by atoms with Crippen molar-refractivity contribution in [3.05, 3.63) is 0 Å². The maximum absolute atomic E-state index is 3.22. The molecule has 0 amide bonds. The zero-order valence-corrected chi connectivity index (χ0v) is 10.1. The third kappa shape index (κ3) is 10.5. The Kier molecular flexibility index (Phi) is 16.1. The maximum Gasteiger partial charge on any atom is 0.00772 e. The summed E-state index contributed by atoms with van der Waals surface area (Å²) in [5.41, 5.74) is 0. The lowest BCUT2D eigenvalue weighted by atomic mass is 10.4. The van der Waals surface area contributed by atoms with Crippen molar-refractivity contribution in [2.75, 3.05) is 52.4 Å². The van der Waals surface area contributed by atoms with E-state index >= 15 is 0 Å². The van der Waals surface area contributed by atoms with Gasteiger partial charge in [0.25, 0.3) is 0 Å². The minimum atomic E-state index is 0. The van der Waals surface area contributed by atoms with Crippen molar-refractivity contribution in [3.63, 3.8) is 0 Å². The average molecular weight is 245 g/mol. The third-order valence-corrected chi connectivity index (χ3v) is 1.91. The van der Waals surface area contributed by atoms with Crippen LogP contribution in [0.3, 0.4) is 0 Å². The molecule has 0 radical (unpaired) electrons. The summed E-state index contributed by atoms with van der Waals surface area (Å²) in [5.74, 6) is 0. The SMILES string of the molecule is C1CNCCN1.C1CNCCN1.Cl.Cl. The lowest BCUT2D eigenvalue weighted by molar-refractivity contribution is 0.534. The molecule has 4 nitrogen and oxygen atoms in total. The van der Waals surface area contributed by atoms with Gasteiger partial charge in [-0.15, -0.1) is 24.8 Å². The van der Waals surface area contributed by atoms with Crippen LogP contribution in [0.5, 0.6) is 0 Å². The van der Waals surface area contributed by atoms with Gasteiger partial charge in [-0.05, 0) is 0 Å². The Morgan fingerprint density at radius 3 is 0.571 bits per heavy atom. The van der Waals surface area contributed by atoms with E-state index in [1.165, 1.54) is 0 Å². The Morgan fingerprint density at radius 1 is 0.357 bits per heavy atom. The first-order valence-corrected chi connectivity index (χ1v) is 4.83. The summed E-state index contributed by atoms with van der Waals surface area (Å²) in [6, 6.07) is 0. The molecule has 0 bridgehead atoms. The Labute approximate surface area is 98.8 Å². The van der Waals surface area contributed by atoms with Crippen LogP contribution in [0.4, 0.5) is 0 Å². The van der Waals surface area contributed by atoms with Gasteiger partial charge in [-0.25, -0.2) is 0 Å². The predicted octanol–water partition coefficient (Wildman–Crippen LogP) is -0.798.